The minimum atomic E-state index is -0.943. The number of hydrogen-bond donors (Lipinski definition) is 3. The summed E-state index contributed by atoms with van der Waals surface area (Å²) in [7, 11) is 0. The summed E-state index contributed by atoms with van der Waals surface area (Å²) in [6, 6.07) is 10.5. The number of phenolic OH excluding ortho intramolecular Hbond substituents is 1. The molecule has 2 rings (SSSR count). The molecule has 0 fully saturated rings. The summed E-state index contributed by atoms with van der Waals surface area (Å²) < 4.78 is 0. The molecule has 0 aliphatic heterocycles. The lowest BCUT2D eigenvalue weighted by Gasteiger charge is -2.28. The van der Waals surface area contributed by atoms with Crippen LogP contribution >= 0.6 is 0 Å². The summed E-state index contributed by atoms with van der Waals surface area (Å²) in [5, 5.41) is 23.1. The summed E-state index contributed by atoms with van der Waals surface area (Å²) in [5.41, 5.74) is 3.28. The fourth-order valence-electron chi connectivity index (χ4n) is 2.71. The number of carbonyl (C=O) groups is 1. The van der Waals surface area contributed by atoms with Crippen LogP contribution in [0.4, 0.5) is 11.4 Å². The topological polar surface area (TPSA) is 69.6 Å². The quantitative estimate of drug-likeness (QED) is 0.651. The van der Waals surface area contributed by atoms with Crippen LogP contribution in [0.3, 0.4) is 0 Å². The summed E-state index contributed by atoms with van der Waals surface area (Å²) in [5.74, 6) is -0.604. The van der Waals surface area contributed by atoms with Crippen molar-refractivity contribution in [3.63, 3.8) is 0 Å². The lowest BCUT2D eigenvalue weighted by atomic mass is 9.79. The highest BCUT2D eigenvalue weighted by Gasteiger charge is 2.26. The molecule has 4 heteroatoms. The lowest BCUT2D eigenvalue weighted by Crippen LogP contribution is -2.17. The molecule has 0 amide bonds. The average molecular weight is 341 g/mol. The predicted molar refractivity (Wildman–Crippen MR) is 102 cm³/mol. The molecule has 25 heavy (non-hydrogen) atoms. The van der Waals surface area contributed by atoms with Crippen LogP contribution in [0.1, 0.15) is 63.0 Å². The Morgan fingerprint density at radius 1 is 0.840 bits per heavy atom. The van der Waals surface area contributed by atoms with Crippen LogP contribution < -0.4 is 5.32 Å². The van der Waals surface area contributed by atoms with Gasteiger partial charge in [0.15, 0.2) is 0 Å². The number of aromatic hydroxyl groups is 1. The highest BCUT2D eigenvalue weighted by atomic mass is 16.4. The van der Waals surface area contributed by atoms with Gasteiger partial charge in [-0.1, -0.05) is 41.5 Å². The molecule has 0 aliphatic rings. The minimum Gasteiger partial charge on any atom is -0.507 e. The van der Waals surface area contributed by atoms with E-state index < -0.39 is 5.97 Å². The normalized spacial score (nSPS) is 12.1. The second-order valence-corrected chi connectivity index (χ2v) is 8.43. The zero-order valence-corrected chi connectivity index (χ0v) is 15.8. The number of rotatable bonds is 3. The molecule has 2 aromatic carbocycles. The van der Waals surface area contributed by atoms with Crippen molar-refractivity contribution in [1.29, 1.82) is 0 Å². The van der Waals surface area contributed by atoms with Crippen LogP contribution in [0.2, 0.25) is 0 Å². The van der Waals surface area contributed by atoms with Crippen LogP contribution in [0, 0.1) is 0 Å². The van der Waals surface area contributed by atoms with Gasteiger partial charge < -0.3 is 15.5 Å². The zero-order valence-electron chi connectivity index (χ0n) is 15.8. The standard InChI is InChI=1S/C21H27NO3/c1-20(2,3)16-11-15(12-17(18(16)23)21(4,5)6)22-14-9-7-13(8-10-14)19(24)25/h7-12,22-23H,1-6H3,(H,24,25). The molecule has 134 valence electrons. The Hall–Kier alpha value is -2.49. The van der Waals surface area contributed by atoms with Gasteiger partial charge in [0.1, 0.15) is 5.75 Å². The van der Waals surface area contributed by atoms with Crippen molar-refractivity contribution in [3.05, 3.63) is 53.1 Å². The number of hydrogen-bond acceptors (Lipinski definition) is 3. The van der Waals surface area contributed by atoms with Crippen molar-refractivity contribution in [2.24, 2.45) is 0 Å². The molecule has 0 heterocycles. The van der Waals surface area contributed by atoms with Gasteiger partial charge in [-0.25, -0.2) is 4.79 Å². The largest absolute Gasteiger partial charge is 0.507 e. The third kappa shape index (κ3) is 4.32. The van der Waals surface area contributed by atoms with Gasteiger partial charge in [-0.2, -0.15) is 0 Å². The monoisotopic (exact) mass is 341 g/mol. The van der Waals surface area contributed by atoms with E-state index in [2.05, 4.69) is 46.9 Å². The first-order chi connectivity index (χ1) is 11.4. The second-order valence-electron chi connectivity index (χ2n) is 8.43. The first-order valence-electron chi connectivity index (χ1n) is 8.38. The molecule has 0 aliphatic carbocycles. The number of nitrogens with one attached hydrogen (secondary N) is 1. The van der Waals surface area contributed by atoms with Crippen molar-refractivity contribution >= 4 is 17.3 Å². The van der Waals surface area contributed by atoms with Crippen molar-refractivity contribution in [3.8, 4) is 5.75 Å². The molecule has 0 aromatic heterocycles. The lowest BCUT2D eigenvalue weighted by molar-refractivity contribution is 0.0697. The number of benzene rings is 2. The van der Waals surface area contributed by atoms with E-state index in [9.17, 15) is 9.90 Å². The van der Waals surface area contributed by atoms with Crippen molar-refractivity contribution in [1.82, 2.24) is 0 Å². The fourth-order valence-corrected chi connectivity index (χ4v) is 2.71. The van der Waals surface area contributed by atoms with Crippen molar-refractivity contribution in [2.45, 2.75) is 52.4 Å². The molecule has 0 radical (unpaired) electrons. The molecular weight excluding hydrogens is 314 g/mol. The Bertz CT molecular complexity index is 743. The fraction of sp³-hybridized carbons (Fsp3) is 0.381. The highest BCUT2D eigenvalue weighted by Crippen LogP contribution is 2.41. The maximum absolute atomic E-state index is 11.0. The minimum absolute atomic E-state index is 0.199. The third-order valence-corrected chi connectivity index (χ3v) is 4.15. The van der Waals surface area contributed by atoms with Crippen molar-refractivity contribution < 1.29 is 15.0 Å². The predicted octanol–water partition coefficient (Wildman–Crippen LogP) is 5.43. The van der Waals surface area contributed by atoms with E-state index in [1.807, 2.05) is 12.1 Å². The Morgan fingerprint density at radius 3 is 1.64 bits per heavy atom. The molecule has 0 bridgehead atoms. The average Bonchev–Trinajstić information content (AvgIpc) is 2.47. The van der Waals surface area contributed by atoms with E-state index in [0.717, 1.165) is 22.5 Å². The zero-order chi connectivity index (χ0) is 19.0. The summed E-state index contributed by atoms with van der Waals surface area (Å²) in [6.45, 7) is 12.4. The van der Waals surface area contributed by atoms with Crippen LogP contribution in [0.5, 0.6) is 5.75 Å². The molecule has 2 aromatic rings. The molecule has 0 atom stereocenters. The molecule has 0 saturated heterocycles. The van der Waals surface area contributed by atoms with E-state index in [1.54, 1.807) is 24.3 Å². The smallest absolute Gasteiger partial charge is 0.335 e. The number of carboxylic acid groups (broad SMARTS) is 1. The Morgan fingerprint density at radius 2 is 1.28 bits per heavy atom. The Kier molecular flexibility index (Phi) is 4.85. The third-order valence-electron chi connectivity index (χ3n) is 4.15. The maximum atomic E-state index is 11.0. The van der Waals surface area contributed by atoms with Crippen LogP contribution in [0.15, 0.2) is 36.4 Å². The molecule has 0 unspecified atom stereocenters. The number of aromatic carboxylic acids is 1. The van der Waals surface area contributed by atoms with Gasteiger partial charge in [0.2, 0.25) is 0 Å². The maximum Gasteiger partial charge on any atom is 0.335 e. The van der Waals surface area contributed by atoms with Gasteiger partial charge in [0.25, 0.3) is 0 Å². The number of anilines is 2. The van der Waals surface area contributed by atoms with E-state index in [1.165, 1.54) is 0 Å². The van der Waals surface area contributed by atoms with Gasteiger partial charge >= 0.3 is 5.97 Å². The van der Waals surface area contributed by atoms with Gasteiger partial charge in [0, 0.05) is 22.5 Å². The Balaban J connectivity index is 2.48. The van der Waals surface area contributed by atoms with Gasteiger partial charge in [-0.05, 0) is 47.2 Å². The second kappa shape index (κ2) is 6.43. The summed E-state index contributed by atoms with van der Waals surface area (Å²) in [6.07, 6.45) is 0. The first kappa shape index (κ1) is 18.8. The molecule has 4 nitrogen and oxygen atoms in total. The highest BCUT2D eigenvalue weighted by molar-refractivity contribution is 5.88. The molecule has 3 N–H and O–H groups in total. The summed E-state index contributed by atoms with van der Waals surface area (Å²) in [4.78, 5) is 11.0. The van der Waals surface area contributed by atoms with E-state index in [4.69, 9.17) is 5.11 Å². The van der Waals surface area contributed by atoms with Gasteiger partial charge in [-0.15, -0.1) is 0 Å². The molecule has 0 spiro atoms. The SMILES string of the molecule is CC(C)(C)c1cc(Nc2ccc(C(=O)O)cc2)cc(C(C)(C)C)c1O. The van der Waals surface area contributed by atoms with Crippen LogP contribution in [0.25, 0.3) is 0 Å². The van der Waals surface area contributed by atoms with Crippen LogP contribution in [-0.4, -0.2) is 16.2 Å². The van der Waals surface area contributed by atoms with E-state index in [-0.39, 0.29) is 16.4 Å². The number of carboxylic acids is 1. The van der Waals surface area contributed by atoms with Crippen molar-refractivity contribution in [2.75, 3.05) is 5.32 Å². The summed E-state index contributed by atoms with van der Waals surface area (Å²) >= 11 is 0. The van der Waals surface area contributed by atoms with E-state index in [0.29, 0.717) is 5.75 Å². The molecule has 0 saturated carbocycles. The van der Waals surface area contributed by atoms with Gasteiger partial charge in [0.05, 0.1) is 5.56 Å². The van der Waals surface area contributed by atoms with Gasteiger partial charge in [-0.3, -0.25) is 0 Å². The Labute approximate surface area is 149 Å². The van der Waals surface area contributed by atoms with Crippen LogP contribution in [-0.2, 0) is 10.8 Å². The molecular formula is C21H27NO3. The van der Waals surface area contributed by atoms with E-state index >= 15 is 0 Å². The first-order valence-corrected chi connectivity index (χ1v) is 8.38. The number of phenols is 1.